The van der Waals surface area contributed by atoms with Gasteiger partial charge in [-0.1, -0.05) is 12.1 Å². The Bertz CT molecular complexity index is 717. The fourth-order valence-electron chi connectivity index (χ4n) is 1.47. The van der Waals surface area contributed by atoms with Crippen molar-refractivity contribution in [3.63, 3.8) is 0 Å². The molecule has 8 heteroatoms. The van der Waals surface area contributed by atoms with Crippen molar-refractivity contribution >= 4 is 27.4 Å². The second kappa shape index (κ2) is 6.06. The van der Waals surface area contributed by atoms with Crippen LogP contribution in [-0.2, 0) is 10.2 Å². The minimum absolute atomic E-state index is 0.183. The summed E-state index contributed by atoms with van der Waals surface area (Å²) in [5, 5.41) is 2.86. The summed E-state index contributed by atoms with van der Waals surface area (Å²) >= 11 is 0. The molecule has 2 rings (SSSR count). The third kappa shape index (κ3) is 3.89. The summed E-state index contributed by atoms with van der Waals surface area (Å²) in [5.41, 5.74) is 0.869. The number of nitrogens with zero attached hydrogens (tertiary/aromatic N) is 2. The molecular weight excluding hydrogens is 295 g/mol. The number of hydrogen-bond acceptors (Lipinski definition) is 4. The summed E-state index contributed by atoms with van der Waals surface area (Å²) in [6, 6.07) is 9.33. The third-order valence-electron chi connectivity index (χ3n) is 2.63. The number of hydrogen-bond donors (Lipinski definition) is 2. The summed E-state index contributed by atoms with van der Waals surface area (Å²) in [4.78, 5) is 3.97. The lowest BCUT2D eigenvalue weighted by molar-refractivity contribution is 0.526. The molecule has 21 heavy (non-hydrogen) atoms. The number of nitrogens with one attached hydrogen (secondary N) is 2. The number of para-hydroxylation sites is 1. The second-order valence-electron chi connectivity index (χ2n) is 4.43. The normalized spacial score (nSPS) is 11.4. The molecule has 112 valence electrons. The number of pyridine rings is 1. The van der Waals surface area contributed by atoms with Gasteiger partial charge in [-0.05, 0) is 24.3 Å². The molecule has 0 amide bonds. The molecule has 0 saturated heterocycles. The maximum absolute atomic E-state index is 13.5. The number of anilines is 3. The maximum Gasteiger partial charge on any atom is 0.302 e. The Labute approximate surface area is 122 Å². The van der Waals surface area contributed by atoms with Crippen LogP contribution in [0.3, 0.4) is 0 Å². The Hall–Kier alpha value is -2.19. The molecule has 1 aromatic carbocycles. The van der Waals surface area contributed by atoms with Crippen molar-refractivity contribution in [2.24, 2.45) is 0 Å². The fourth-order valence-corrected chi connectivity index (χ4v) is 2.04. The summed E-state index contributed by atoms with van der Waals surface area (Å²) in [7, 11) is -0.763. The Morgan fingerprint density at radius 3 is 2.43 bits per heavy atom. The topological polar surface area (TPSA) is 74.3 Å². The number of rotatable bonds is 5. The van der Waals surface area contributed by atoms with E-state index in [0.717, 1.165) is 4.31 Å². The lowest BCUT2D eigenvalue weighted by Crippen LogP contribution is -2.29. The van der Waals surface area contributed by atoms with E-state index in [4.69, 9.17) is 0 Å². The van der Waals surface area contributed by atoms with Crippen LogP contribution in [0.15, 0.2) is 42.6 Å². The van der Waals surface area contributed by atoms with Gasteiger partial charge in [-0.25, -0.2) is 9.37 Å². The lowest BCUT2D eigenvalue weighted by Gasteiger charge is -2.13. The van der Waals surface area contributed by atoms with Gasteiger partial charge in [0.25, 0.3) is 0 Å². The van der Waals surface area contributed by atoms with E-state index in [0.29, 0.717) is 11.4 Å². The van der Waals surface area contributed by atoms with Crippen LogP contribution >= 0.6 is 0 Å². The standard InChI is InChI=1S/C13H15FN4O2S/c1-18(2)21(19,20)17-13-8-7-10(9-15-13)16-12-6-4-3-5-11(12)14/h3-9,16H,1-2H3,(H,15,17). The zero-order valence-corrected chi connectivity index (χ0v) is 12.4. The van der Waals surface area contributed by atoms with Gasteiger partial charge >= 0.3 is 10.2 Å². The van der Waals surface area contributed by atoms with E-state index in [-0.39, 0.29) is 11.6 Å². The highest BCUT2D eigenvalue weighted by Gasteiger charge is 2.13. The highest BCUT2D eigenvalue weighted by Crippen LogP contribution is 2.20. The first-order valence-electron chi connectivity index (χ1n) is 6.06. The van der Waals surface area contributed by atoms with E-state index in [9.17, 15) is 12.8 Å². The minimum atomic E-state index is -3.59. The van der Waals surface area contributed by atoms with Crippen LogP contribution in [0.25, 0.3) is 0 Å². The van der Waals surface area contributed by atoms with E-state index in [1.165, 1.54) is 32.4 Å². The first-order valence-corrected chi connectivity index (χ1v) is 7.50. The molecular formula is C13H15FN4O2S. The van der Waals surface area contributed by atoms with E-state index in [1.807, 2.05) is 0 Å². The van der Waals surface area contributed by atoms with Crippen molar-refractivity contribution < 1.29 is 12.8 Å². The lowest BCUT2D eigenvalue weighted by atomic mass is 10.3. The van der Waals surface area contributed by atoms with E-state index >= 15 is 0 Å². The number of benzene rings is 1. The molecule has 2 aromatic rings. The van der Waals surface area contributed by atoms with Gasteiger partial charge in [0.1, 0.15) is 11.6 Å². The monoisotopic (exact) mass is 310 g/mol. The average molecular weight is 310 g/mol. The van der Waals surface area contributed by atoms with Crippen molar-refractivity contribution in [2.45, 2.75) is 0 Å². The molecule has 0 saturated carbocycles. The van der Waals surface area contributed by atoms with Gasteiger partial charge in [0.05, 0.1) is 17.6 Å². The van der Waals surface area contributed by atoms with Gasteiger partial charge in [0, 0.05) is 14.1 Å². The van der Waals surface area contributed by atoms with Crippen LogP contribution in [0.5, 0.6) is 0 Å². The molecule has 0 spiro atoms. The highest BCUT2D eigenvalue weighted by atomic mass is 32.2. The van der Waals surface area contributed by atoms with Crippen LogP contribution < -0.4 is 10.0 Å². The van der Waals surface area contributed by atoms with Gasteiger partial charge in [0.2, 0.25) is 0 Å². The van der Waals surface area contributed by atoms with Crippen LogP contribution in [0.1, 0.15) is 0 Å². The molecule has 0 bridgehead atoms. The second-order valence-corrected chi connectivity index (χ2v) is 6.31. The van der Waals surface area contributed by atoms with Crippen molar-refractivity contribution in [1.29, 1.82) is 0 Å². The zero-order valence-electron chi connectivity index (χ0n) is 11.5. The van der Waals surface area contributed by atoms with Crippen LogP contribution in [0.4, 0.5) is 21.6 Å². The molecule has 0 aliphatic carbocycles. The summed E-state index contributed by atoms with van der Waals surface area (Å²) < 4.78 is 40.1. The first-order chi connectivity index (χ1) is 9.88. The minimum Gasteiger partial charge on any atom is -0.352 e. The number of aromatic nitrogens is 1. The average Bonchev–Trinajstić information content (AvgIpc) is 2.43. The Morgan fingerprint density at radius 2 is 1.86 bits per heavy atom. The van der Waals surface area contributed by atoms with Crippen molar-refractivity contribution in [1.82, 2.24) is 9.29 Å². The van der Waals surface area contributed by atoms with Crippen molar-refractivity contribution in [3.05, 3.63) is 48.4 Å². The summed E-state index contributed by atoms with van der Waals surface area (Å²) in [6.45, 7) is 0. The van der Waals surface area contributed by atoms with Crippen molar-refractivity contribution in [2.75, 3.05) is 24.1 Å². The van der Waals surface area contributed by atoms with Crippen LogP contribution in [0, 0.1) is 5.82 Å². The van der Waals surface area contributed by atoms with Crippen LogP contribution in [-0.4, -0.2) is 31.8 Å². The predicted octanol–water partition coefficient (Wildman–Crippen LogP) is 2.18. The Kier molecular flexibility index (Phi) is 4.39. The molecule has 0 unspecified atom stereocenters. The molecule has 0 aliphatic rings. The quantitative estimate of drug-likeness (QED) is 0.887. The van der Waals surface area contributed by atoms with E-state index in [1.54, 1.807) is 24.3 Å². The Balaban J connectivity index is 2.11. The largest absolute Gasteiger partial charge is 0.352 e. The van der Waals surface area contributed by atoms with E-state index < -0.39 is 10.2 Å². The Morgan fingerprint density at radius 1 is 1.14 bits per heavy atom. The molecule has 2 N–H and O–H groups in total. The molecule has 0 fully saturated rings. The number of halogens is 1. The van der Waals surface area contributed by atoms with Gasteiger partial charge < -0.3 is 5.32 Å². The van der Waals surface area contributed by atoms with Gasteiger partial charge in [-0.15, -0.1) is 0 Å². The highest BCUT2D eigenvalue weighted by molar-refractivity contribution is 7.90. The molecule has 0 radical (unpaired) electrons. The van der Waals surface area contributed by atoms with Gasteiger partial charge in [0.15, 0.2) is 0 Å². The third-order valence-corrected chi connectivity index (χ3v) is 4.06. The molecule has 0 aliphatic heterocycles. The smallest absolute Gasteiger partial charge is 0.302 e. The maximum atomic E-state index is 13.5. The first kappa shape index (κ1) is 15.2. The molecule has 1 heterocycles. The summed E-state index contributed by atoms with van der Waals surface area (Å²) in [5.74, 6) is -0.197. The summed E-state index contributed by atoms with van der Waals surface area (Å²) in [6.07, 6.45) is 1.42. The molecule has 1 aromatic heterocycles. The SMILES string of the molecule is CN(C)S(=O)(=O)Nc1ccc(Nc2ccccc2F)cn1. The van der Waals surface area contributed by atoms with E-state index in [2.05, 4.69) is 15.0 Å². The fraction of sp³-hybridized carbons (Fsp3) is 0.154. The zero-order chi connectivity index (χ0) is 15.5. The van der Waals surface area contributed by atoms with Gasteiger partial charge in [-0.2, -0.15) is 12.7 Å². The molecule has 6 nitrogen and oxygen atoms in total. The van der Waals surface area contributed by atoms with Crippen LogP contribution in [0.2, 0.25) is 0 Å². The van der Waals surface area contributed by atoms with Crippen molar-refractivity contribution in [3.8, 4) is 0 Å². The van der Waals surface area contributed by atoms with Gasteiger partial charge in [-0.3, -0.25) is 4.72 Å². The predicted molar refractivity (Wildman–Crippen MR) is 80.1 cm³/mol. The molecule has 0 atom stereocenters.